The maximum Gasteiger partial charge on any atom is 0.227 e. The van der Waals surface area contributed by atoms with E-state index in [0.717, 1.165) is 29.5 Å². The molecule has 1 aliphatic heterocycles. The van der Waals surface area contributed by atoms with E-state index in [2.05, 4.69) is 22.0 Å². The minimum atomic E-state index is 0.187. The van der Waals surface area contributed by atoms with Gasteiger partial charge in [0.25, 0.3) is 0 Å². The molecule has 0 spiro atoms. The van der Waals surface area contributed by atoms with Gasteiger partial charge in [0.15, 0.2) is 0 Å². The first-order chi connectivity index (χ1) is 7.72. The van der Waals surface area contributed by atoms with E-state index in [4.69, 9.17) is 5.73 Å². The zero-order valence-corrected chi connectivity index (χ0v) is 10.7. The number of halogens is 1. The lowest BCUT2D eigenvalue weighted by molar-refractivity contribution is -0.118. The molecule has 1 aromatic carbocycles. The Kier molecular flexibility index (Phi) is 3.61. The van der Waals surface area contributed by atoms with E-state index in [1.54, 1.807) is 0 Å². The summed E-state index contributed by atoms with van der Waals surface area (Å²) in [7, 11) is 0. The van der Waals surface area contributed by atoms with Crippen molar-refractivity contribution in [1.82, 2.24) is 0 Å². The zero-order chi connectivity index (χ0) is 11.5. The second kappa shape index (κ2) is 4.97. The molecule has 4 heteroatoms. The third-order valence-corrected chi connectivity index (χ3v) is 3.33. The second-order valence-electron chi connectivity index (χ2n) is 3.96. The number of amides is 1. The summed E-state index contributed by atoms with van der Waals surface area (Å²) in [5, 5.41) is 0. The predicted octanol–water partition coefficient (Wildman–Crippen LogP) is 2.08. The molecule has 0 atom stereocenters. The molecule has 0 unspecified atom stereocenters. The van der Waals surface area contributed by atoms with Crippen LogP contribution in [0.25, 0.3) is 0 Å². The van der Waals surface area contributed by atoms with Gasteiger partial charge in [-0.15, -0.1) is 0 Å². The van der Waals surface area contributed by atoms with Gasteiger partial charge in [0.2, 0.25) is 5.91 Å². The fourth-order valence-corrected chi connectivity index (χ4v) is 2.43. The Morgan fingerprint density at radius 3 is 3.06 bits per heavy atom. The minimum Gasteiger partial charge on any atom is -0.330 e. The number of nitrogens with two attached hydrogens (primary N) is 1. The normalized spacial score (nSPS) is 14.0. The van der Waals surface area contributed by atoms with Crippen molar-refractivity contribution in [2.75, 3.05) is 18.0 Å². The van der Waals surface area contributed by atoms with E-state index < -0.39 is 0 Å². The molecule has 3 nitrogen and oxygen atoms in total. The van der Waals surface area contributed by atoms with Crippen LogP contribution in [0.1, 0.15) is 18.4 Å². The quantitative estimate of drug-likeness (QED) is 0.923. The molecule has 1 heterocycles. The molecule has 1 amide bonds. The molecule has 1 aliphatic rings. The van der Waals surface area contributed by atoms with E-state index in [9.17, 15) is 4.79 Å². The van der Waals surface area contributed by atoms with Gasteiger partial charge in [-0.3, -0.25) is 4.79 Å². The lowest BCUT2D eigenvalue weighted by Crippen LogP contribution is -2.29. The predicted molar refractivity (Wildman–Crippen MR) is 68.5 cm³/mol. The highest BCUT2D eigenvalue weighted by Crippen LogP contribution is 2.30. The van der Waals surface area contributed by atoms with Crippen LogP contribution >= 0.6 is 15.9 Å². The van der Waals surface area contributed by atoms with Gasteiger partial charge in [-0.25, -0.2) is 0 Å². The number of carbonyl (C=O) groups excluding carboxylic acids is 1. The molecule has 0 aliphatic carbocycles. The zero-order valence-electron chi connectivity index (χ0n) is 9.08. The molecular weight excluding hydrogens is 268 g/mol. The molecule has 0 fully saturated rings. The maximum absolute atomic E-state index is 11.9. The third-order valence-electron chi connectivity index (χ3n) is 2.83. The van der Waals surface area contributed by atoms with Gasteiger partial charge in [0.1, 0.15) is 0 Å². The number of fused-ring (bicyclic) bond motifs is 1. The van der Waals surface area contributed by atoms with Crippen LogP contribution in [0.3, 0.4) is 0 Å². The van der Waals surface area contributed by atoms with E-state index in [1.807, 2.05) is 17.0 Å². The van der Waals surface area contributed by atoms with E-state index in [0.29, 0.717) is 13.0 Å². The van der Waals surface area contributed by atoms with Crippen molar-refractivity contribution < 1.29 is 4.79 Å². The molecule has 0 aromatic heterocycles. The van der Waals surface area contributed by atoms with Gasteiger partial charge >= 0.3 is 0 Å². The summed E-state index contributed by atoms with van der Waals surface area (Å²) in [6.07, 6.45) is 2.26. The van der Waals surface area contributed by atoms with E-state index in [1.165, 1.54) is 5.56 Å². The van der Waals surface area contributed by atoms with Crippen molar-refractivity contribution >= 4 is 27.5 Å². The van der Waals surface area contributed by atoms with Gasteiger partial charge in [-0.2, -0.15) is 0 Å². The van der Waals surface area contributed by atoms with Crippen molar-refractivity contribution in [2.24, 2.45) is 5.73 Å². The summed E-state index contributed by atoms with van der Waals surface area (Å²) in [4.78, 5) is 13.8. The highest BCUT2D eigenvalue weighted by Gasteiger charge is 2.23. The molecule has 1 aromatic rings. The summed E-state index contributed by atoms with van der Waals surface area (Å²) in [6.45, 7) is 1.38. The summed E-state index contributed by atoms with van der Waals surface area (Å²) in [5.74, 6) is 0.187. The molecular formula is C12H15BrN2O. The van der Waals surface area contributed by atoms with Crippen molar-refractivity contribution in [3.8, 4) is 0 Å². The van der Waals surface area contributed by atoms with Gasteiger partial charge in [0, 0.05) is 23.1 Å². The second-order valence-corrected chi connectivity index (χ2v) is 4.88. The van der Waals surface area contributed by atoms with Crippen molar-refractivity contribution in [2.45, 2.75) is 19.3 Å². The van der Waals surface area contributed by atoms with Gasteiger partial charge in [-0.1, -0.05) is 15.9 Å². The first-order valence-corrected chi connectivity index (χ1v) is 6.30. The van der Waals surface area contributed by atoms with Crippen LogP contribution in [-0.4, -0.2) is 19.0 Å². The smallest absolute Gasteiger partial charge is 0.227 e. The summed E-state index contributed by atoms with van der Waals surface area (Å²) < 4.78 is 1.07. The number of rotatable bonds is 3. The summed E-state index contributed by atoms with van der Waals surface area (Å²) in [6, 6.07) is 6.08. The van der Waals surface area contributed by atoms with Gasteiger partial charge < -0.3 is 10.6 Å². The number of benzene rings is 1. The number of hydrogen-bond donors (Lipinski definition) is 1. The topological polar surface area (TPSA) is 46.3 Å². The summed E-state index contributed by atoms with van der Waals surface area (Å²) >= 11 is 3.44. The number of carbonyl (C=O) groups is 1. The first-order valence-electron chi connectivity index (χ1n) is 5.51. The lowest BCUT2D eigenvalue weighted by Gasteiger charge is -2.17. The van der Waals surface area contributed by atoms with E-state index in [-0.39, 0.29) is 5.91 Å². The largest absolute Gasteiger partial charge is 0.330 e. The van der Waals surface area contributed by atoms with Crippen LogP contribution < -0.4 is 10.6 Å². The minimum absolute atomic E-state index is 0.187. The van der Waals surface area contributed by atoms with Crippen molar-refractivity contribution in [3.05, 3.63) is 28.2 Å². The lowest BCUT2D eigenvalue weighted by atomic mass is 10.2. The molecule has 0 bridgehead atoms. The molecule has 0 saturated carbocycles. The Morgan fingerprint density at radius 2 is 2.31 bits per heavy atom. The van der Waals surface area contributed by atoms with Crippen molar-refractivity contribution in [3.63, 3.8) is 0 Å². The fraction of sp³-hybridized carbons (Fsp3) is 0.417. The molecule has 2 rings (SSSR count). The first kappa shape index (κ1) is 11.6. The average Bonchev–Trinajstić information content (AvgIpc) is 2.68. The van der Waals surface area contributed by atoms with Crippen LogP contribution in [0.5, 0.6) is 0 Å². The number of hydrogen-bond acceptors (Lipinski definition) is 2. The van der Waals surface area contributed by atoms with Crippen LogP contribution in [0, 0.1) is 0 Å². The fourth-order valence-electron chi connectivity index (χ4n) is 2.02. The Bertz CT molecular complexity index is 406. The Morgan fingerprint density at radius 1 is 1.50 bits per heavy atom. The number of nitrogens with zero attached hydrogens (tertiary/aromatic N) is 1. The Hall–Kier alpha value is -0.870. The molecule has 86 valence electrons. The van der Waals surface area contributed by atoms with Gasteiger partial charge in [0.05, 0.1) is 0 Å². The Labute approximate surface area is 104 Å². The standard InChI is InChI=1S/C12H15BrN2O/c13-10-3-4-11-9(8-10)5-7-15(11)12(16)2-1-6-14/h3-4,8H,1-2,5-7,14H2. The van der Waals surface area contributed by atoms with Crippen LogP contribution in [0.15, 0.2) is 22.7 Å². The number of anilines is 1. The average molecular weight is 283 g/mol. The van der Waals surface area contributed by atoms with E-state index >= 15 is 0 Å². The molecule has 0 radical (unpaired) electrons. The van der Waals surface area contributed by atoms with Crippen LogP contribution in [-0.2, 0) is 11.2 Å². The molecule has 16 heavy (non-hydrogen) atoms. The van der Waals surface area contributed by atoms with Crippen LogP contribution in [0.2, 0.25) is 0 Å². The third kappa shape index (κ3) is 2.28. The molecule has 2 N–H and O–H groups in total. The highest BCUT2D eigenvalue weighted by atomic mass is 79.9. The highest BCUT2D eigenvalue weighted by molar-refractivity contribution is 9.10. The maximum atomic E-state index is 11.9. The van der Waals surface area contributed by atoms with Crippen LogP contribution in [0.4, 0.5) is 5.69 Å². The SMILES string of the molecule is NCCCC(=O)N1CCc2cc(Br)ccc21. The Balaban J connectivity index is 2.14. The summed E-state index contributed by atoms with van der Waals surface area (Å²) in [5.41, 5.74) is 7.72. The van der Waals surface area contributed by atoms with Crippen molar-refractivity contribution in [1.29, 1.82) is 0 Å². The molecule has 0 saturated heterocycles. The monoisotopic (exact) mass is 282 g/mol. The van der Waals surface area contributed by atoms with Gasteiger partial charge in [-0.05, 0) is 43.1 Å².